The normalized spacial score (nSPS) is 11.3. The van der Waals surface area contributed by atoms with Gasteiger partial charge < -0.3 is 4.74 Å². The fourth-order valence-corrected chi connectivity index (χ4v) is 2.98. The van der Waals surface area contributed by atoms with E-state index in [1.165, 1.54) is 6.92 Å². The number of hydrogen-bond acceptors (Lipinski definition) is 4. The highest BCUT2D eigenvalue weighted by molar-refractivity contribution is 6.31. The minimum atomic E-state index is -0.882. The number of Topliss-reactive ketones (excluding diaryl/α,β-unsaturated/α-hetero) is 1. The van der Waals surface area contributed by atoms with E-state index in [0.717, 1.165) is 16.8 Å². The van der Waals surface area contributed by atoms with Gasteiger partial charge >= 0.3 is 0 Å². The van der Waals surface area contributed by atoms with Crippen LogP contribution >= 0.6 is 11.6 Å². The van der Waals surface area contributed by atoms with Crippen LogP contribution in [0, 0.1) is 11.3 Å². The van der Waals surface area contributed by atoms with Gasteiger partial charge in [0.05, 0.1) is 36.2 Å². The van der Waals surface area contributed by atoms with Crippen LogP contribution in [-0.2, 0) is 22.7 Å². The Balaban J connectivity index is 1.98. The van der Waals surface area contributed by atoms with Gasteiger partial charge in [0.1, 0.15) is 5.60 Å². The third kappa shape index (κ3) is 4.92. The largest absolute Gasteiger partial charge is 0.361 e. The molecule has 0 bridgehead atoms. The van der Waals surface area contributed by atoms with E-state index in [2.05, 4.69) is 11.2 Å². The minimum Gasteiger partial charge on any atom is -0.361 e. The first-order valence-electron chi connectivity index (χ1n) is 9.26. The predicted octanol–water partition coefficient (Wildman–Crippen LogP) is 5.01. The standard InChI is InChI=1S/C23H22ClN3O2/c1-16(28)23(2,3)29-15-20-12-22(18-9-6-7-17(11-18)13-25)27(26-20)14-19-8-4-5-10-21(19)24/h4-12H,14-15H2,1-3H3. The molecule has 0 saturated carbocycles. The molecule has 1 heterocycles. The van der Waals surface area contributed by atoms with Crippen LogP contribution in [0.15, 0.2) is 54.6 Å². The van der Waals surface area contributed by atoms with Gasteiger partial charge in [-0.25, -0.2) is 0 Å². The van der Waals surface area contributed by atoms with Crippen molar-refractivity contribution >= 4 is 17.4 Å². The molecule has 5 nitrogen and oxygen atoms in total. The predicted molar refractivity (Wildman–Crippen MR) is 112 cm³/mol. The summed E-state index contributed by atoms with van der Waals surface area (Å²) in [6.07, 6.45) is 0. The molecule has 0 radical (unpaired) electrons. The highest BCUT2D eigenvalue weighted by atomic mass is 35.5. The molecule has 3 rings (SSSR count). The van der Waals surface area contributed by atoms with Gasteiger partial charge in [-0.15, -0.1) is 0 Å². The van der Waals surface area contributed by atoms with Crippen LogP contribution < -0.4 is 0 Å². The number of halogens is 1. The van der Waals surface area contributed by atoms with Crippen LogP contribution in [0.3, 0.4) is 0 Å². The van der Waals surface area contributed by atoms with E-state index >= 15 is 0 Å². The molecule has 0 aliphatic heterocycles. The van der Waals surface area contributed by atoms with Crippen molar-refractivity contribution in [2.75, 3.05) is 0 Å². The highest BCUT2D eigenvalue weighted by Crippen LogP contribution is 2.25. The summed E-state index contributed by atoms with van der Waals surface area (Å²) in [5.74, 6) is -0.0463. The Morgan fingerprint density at radius 2 is 1.97 bits per heavy atom. The van der Waals surface area contributed by atoms with E-state index < -0.39 is 5.60 Å². The second-order valence-electron chi connectivity index (χ2n) is 7.32. The maximum atomic E-state index is 11.7. The molecule has 29 heavy (non-hydrogen) atoms. The number of ether oxygens (including phenoxy) is 1. The zero-order valence-electron chi connectivity index (χ0n) is 16.6. The number of carbonyl (C=O) groups excluding carboxylic acids is 1. The van der Waals surface area contributed by atoms with E-state index in [1.807, 2.05) is 53.2 Å². The van der Waals surface area contributed by atoms with Crippen molar-refractivity contribution in [3.63, 3.8) is 0 Å². The first kappa shape index (κ1) is 20.8. The summed E-state index contributed by atoms with van der Waals surface area (Å²) in [4.78, 5) is 11.7. The smallest absolute Gasteiger partial charge is 0.161 e. The summed E-state index contributed by atoms with van der Waals surface area (Å²) in [6, 6.07) is 19.1. The van der Waals surface area contributed by atoms with Crippen LogP contribution in [0.25, 0.3) is 11.3 Å². The summed E-state index contributed by atoms with van der Waals surface area (Å²) >= 11 is 6.34. The molecular formula is C23H22ClN3O2. The average molecular weight is 408 g/mol. The molecule has 0 aliphatic rings. The van der Waals surface area contributed by atoms with E-state index in [9.17, 15) is 10.1 Å². The fraction of sp³-hybridized carbons (Fsp3) is 0.261. The monoisotopic (exact) mass is 407 g/mol. The van der Waals surface area contributed by atoms with Crippen LogP contribution in [0.1, 0.15) is 37.6 Å². The first-order chi connectivity index (χ1) is 13.8. The maximum absolute atomic E-state index is 11.7. The van der Waals surface area contributed by atoms with Gasteiger partial charge in [0.25, 0.3) is 0 Å². The second-order valence-corrected chi connectivity index (χ2v) is 7.72. The first-order valence-corrected chi connectivity index (χ1v) is 9.63. The minimum absolute atomic E-state index is 0.0463. The zero-order chi connectivity index (χ0) is 21.0. The van der Waals surface area contributed by atoms with Gasteiger partial charge in [0, 0.05) is 10.6 Å². The number of rotatable bonds is 7. The molecule has 0 amide bonds. The lowest BCUT2D eigenvalue weighted by atomic mass is 10.1. The van der Waals surface area contributed by atoms with Gasteiger partial charge in [0.2, 0.25) is 0 Å². The Kier molecular flexibility index (Phi) is 6.17. The lowest BCUT2D eigenvalue weighted by Crippen LogP contribution is -2.32. The van der Waals surface area contributed by atoms with Crippen molar-refractivity contribution in [2.45, 2.75) is 39.5 Å². The molecule has 0 N–H and O–H groups in total. The van der Waals surface area contributed by atoms with Crippen LogP contribution in [0.5, 0.6) is 0 Å². The van der Waals surface area contributed by atoms with E-state index in [1.54, 1.807) is 19.9 Å². The van der Waals surface area contributed by atoms with Crippen molar-refractivity contribution in [3.8, 4) is 17.3 Å². The Labute approximate surface area is 175 Å². The number of nitrogens with zero attached hydrogens (tertiary/aromatic N) is 3. The Hall–Kier alpha value is -2.94. The summed E-state index contributed by atoms with van der Waals surface area (Å²) in [6.45, 7) is 5.67. The molecule has 1 aromatic heterocycles. The third-order valence-corrected chi connectivity index (χ3v) is 5.19. The molecule has 6 heteroatoms. The SMILES string of the molecule is CC(=O)C(C)(C)OCc1cc(-c2cccc(C#N)c2)n(Cc2ccccc2Cl)n1. The summed E-state index contributed by atoms with van der Waals surface area (Å²) in [5.41, 5.74) is 3.05. The van der Waals surface area contributed by atoms with Crippen molar-refractivity contribution in [3.05, 3.63) is 76.4 Å². The molecule has 0 atom stereocenters. The molecule has 0 aliphatic carbocycles. The molecule has 2 aromatic carbocycles. The van der Waals surface area contributed by atoms with Gasteiger partial charge in [-0.05, 0) is 50.6 Å². The Bertz CT molecular complexity index is 1080. The quantitative estimate of drug-likeness (QED) is 0.552. The molecule has 0 spiro atoms. The highest BCUT2D eigenvalue weighted by Gasteiger charge is 2.25. The van der Waals surface area contributed by atoms with Gasteiger partial charge in [-0.1, -0.05) is 41.9 Å². The summed E-state index contributed by atoms with van der Waals surface area (Å²) in [5, 5.41) is 14.6. The van der Waals surface area contributed by atoms with Crippen LogP contribution in [0.4, 0.5) is 0 Å². The lowest BCUT2D eigenvalue weighted by molar-refractivity contribution is -0.139. The molecule has 0 fully saturated rings. The van der Waals surface area contributed by atoms with Gasteiger partial charge in [0.15, 0.2) is 5.78 Å². The van der Waals surface area contributed by atoms with Crippen molar-refractivity contribution < 1.29 is 9.53 Å². The fourth-order valence-electron chi connectivity index (χ4n) is 2.79. The van der Waals surface area contributed by atoms with Gasteiger partial charge in [-0.3, -0.25) is 9.48 Å². The van der Waals surface area contributed by atoms with Crippen LogP contribution in [-0.4, -0.2) is 21.2 Å². The Morgan fingerprint density at radius 3 is 2.66 bits per heavy atom. The number of benzene rings is 2. The second kappa shape index (κ2) is 8.60. The maximum Gasteiger partial charge on any atom is 0.161 e. The third-order valence-electron chi connectivity index (χ3n) is 4.82. The molecule has 3 aromatic rings. The molecule has 0 saturated heterocycles. The summed E-state index contributed by atoms with van der Waals surface area (Å²) in [7, 11) is 0. The average Bonchev–Trinajstić information content (AvgIpc) is 3.11. The number of carbonyl (C=O) groups is 1. The number of aromatic nitrogens is 2. The lowest BCUT2D eigenvalue weighted by Gasteiger charge is -2.21. The summed E-state index contributed by atoms with van der Waals surface area (Å²) < 4.78 is 7.64. The number of nitriles is 1. The van der Waals surface area contributed by atoms with E-state index in [4.69, 9.17) is 16.3 Å². The Morgan fingerprint density at radius 1 is 1.21 bits per heavy atom. The zero-order valence-corrected chi connectivity index (χ0v) is 17.4. The molecule has 148 valence electrons. The van der Waals surface area contributed by atoms with Crippen LogP contribution in [0.2, 0.25) is 5.02 Å². The molecule has 0 unspecified atom stereocenters. The van der Waals surface area contributed by atoms with E-state index in [0.29, 0.717) is 22.8 Å². The van der Waals surface area contributed by atoms with E-state index in [-0.39, 0.29) is 12.4 Å². The van der Waals surface area contributed by atoms with Crippen molar-refractivity contribution in [1.82, 2.24) is 9.78 Å². The van der Waals surface area contributed by atoms with Crippen molar-refractivity contribution in [2.24, 2.45) is 0 Å². The number of ketones is 1. The topological polar surface area (TPSA) is 67.9 Å². The number of hydrogen-bond donors (Lipinski definition) is 0. The van der Waals surface area contributed by atoms with Crippen molar-refractivity contribution in [1.29, 1.82) is 5.26 Å². The van der Waals surface area contributed by atoms with Gasteiger partial charge in [-0.2, -0.15) is 10.4 Å². The molecular weight excluding hydrogens is 386 g/mol.